The maximum absolute atomic E-state index is 12.2. The number of nitrogens with one attached hydrogen (secondary N) is 1. The molecule has 2 rings (SSSR count). The Labute approximate surface area is 122 Å². The molecule has 0 saturated heterocycles. The number of hydrogen-bond donors (Lipinski definition) is 3. The van der Waals surface area contributed by atoms with Gasteiger partial charge in [0.1, 0.15) is 0 Å². The molecule has 1 amide bonds. The number of carboxylic acids is 1. The lowest BCUT2D eigenvalue weighted by Crippen LogP contribution is -2.40. The van der Waals surface area contributed by atoms with Gasteiger partial charge in [-0.2, -0.15) is 0 Å². The van der Waals surface area contributed by atoms with Gasteiger partial charge in [0, 0.05) is 12.5 Å². The topological polar surface area (TPSA) is 123 Å². The molecule has 0 aliphatic heterocycles. The summed E-state index contributed by atoms with van der Waals surface area (Å²) in [5, 5.41) is 18.8. The first-order chi connectivity index (χ1) is 10.1. The fraction of sp³-hybridized carbons (Fsp3) is 0.692. The Morgan fingerprint density at radius 1 is 1.43 bits per heavy atom. The van der Waals surface area contributed by atoms with E-state index in [2.05, 4.69) is 15.6 Å². The van der Waals surface area contributed by atoms with Crippen LogP contribution in [0.2, 0.25) is 0 Å². The highest BCUT2D eigenvalue weighted by atomic mass is 16.4. The Morgan fingerprint density at radius 3 is 2.86 bits per heavy atom. The van der Waals surface area contributed by atoms with Crippen LogP contribution in [-0.2, 0) is 11.3 Å². The quantitative estimate of drug-likeness (QED) is 0.671. The molecule has 4 N–H and O–H groups in total. The van der Waals surface area contributed by atoms with Crippen molar-refractivity contribution in [1.29, 1.82) is 0 Å². The third-order valence-corrected chi connectivity index (χ3v) is 3.95. The SMILES string of the molecule is NCC1CCCCC1C(=O)NCCn1cc(C(=O)O)nn1. The lowest BCUT2D eigenvalue weighted by atomic mass is 9.79. The number of nitrogens with zero attached hydrogens (tertiary/aromatic N) is 3. The Bertz CT molecular complexity index is 502. The van der Waals surface area contributed by atoms with E-state index < -0.39 is 5.97 Å². The Morgan fingerprint density at radius 2 is 2.19 bits per heavy atom. The summed E-state index contributed by atoms with van der Waals surface area (Å²) in [5.41, 5.74) is 5.62. The number of hydrogen-bond acceptors (Lipinski definition) is 5. The molecule has 1 aliphatic rings. The van der Waals surface area contributed by atoms with Crippen LogP contribution >= 0.6 is 0 Å². The second-order valence-electron chi connectivity index (χ2n) is 5.35. The van der Waals surface area contributed by atoms with Gasteiger partial charge in [-0.15, -0.1) is 5.10 Å². The zero-order valence-electron chi connectivity index (χ0n) is 11.9. The first-order valence-electron chi connectivity index (χ1n) is 7.23. The molecule has 0 bridgehead atoms. The van der Waals surface area contributed by atoms with Gasteiger partial charge in [0.15, 0.2) is 5.69 Å². The molecule has 1 aromatic heterocycles. The van der Waals surface area contributed by atoms with E-state index in [0.29, 0.717) is 19.6 Å². The number of aromatic nitrogens is 3. The summed E-state index contributed by atoms with van der Waals surface area (Å²) < 4.78 is 1.41. The minimum atomic E-state index is -1.11. The van der Waals surface area contributed by atoms with Crippen molar-refractivity contribution in [1.82, 2.24) is 20.3 Å². The van der Waals surface area contributed by atoms with Crippen molar-refractivity contribution in [3.8, 4) is 0 Å². The molecule has 0 radical (unpaired) electrons. The summed E-state index contributed by atoms with van der Waals surface area (Å²) in [5.74, 6) is -0.820. The Balaban J connectivity index is 1.79. The van der Waals surface area contributed by atoms with E-state index in [4.69, 9.17) is 10.8 Å². The predicted octanol–water partition coefficient (Wildman–Crippen LogP) is -0.142. The summed E-state index contributed by atoms with van der Waals surface area (Å²) in [6.07, 6.45) is 5.46. The van der Waals surface area contributed by atoms with Crippen LogP contribution in [0.5, 0.6) is 0 Å². The Hall–Kier alpha value is -1.96. The van der Waals surface area contributed by atoms with Crippen molar-refractivity contribution in [2.24, 2.45) is 17.6 Å². The van der Waals surface area contributed by atoms with Gasteiger partial charge in [0.2, 0.25) is 5.91 Å². The largest absolute Gasteiger partial charge is 0.476 e. The summed E-state index contributed by atoms with van der Waals surface area (Å²) >= 11 is 0. The van der Waals surface area contributed by atoms with E-state index in [1.54, 1.807) is 0 Å². The molecule has 8 nitrogen and oxygen atoms in total. The molecule has 1 heterocycles. The molecule has 0 aromatic carbocycles. The van der Waals surface area contributed by atoms with E-state index in [9.17, 15) is 9.59 Å². The van der Waals surface area contributed by atoms with Crippen LogP contribution < -0.4 is 11.1 Å². The molecule has 1 fully saturated rings. The van der Waals surface area contributed by atoms with E-state index in [1.165, 1.54) is 10.9 Å². The number of amides is 1. The number of carboxylic acid groups (broad SMARTS) is 1. The van der Waals surface area contributed by atoms with Crippen molar-refractivity contribution >= 4 is 11.9 Å². The normalized spacial score (nSPS) is 22.0. The second kappa shape index (κ2) is 7.16. The first kappa shape index (κ1) is 15.4. The molecular formula is C13H21N5O3. The van der Waals surface area contributed by atoms with E-state index >= 15 is 0 Å². The molecule has 2 atom stereocenters. The van der Waals surface area contributed by atoms with Crippen LogP contribution in [0, 0.1) is 11.8 Å². The third kappa shape index (κ3) is 4.01. The zero-order valence-corrected chi connectivity index (χ0v) is 11.9. The molecule has 116 valence electrons. The fourth-order valence-electron chi connectivity index (χ4n) is 2.77. The lowest BCUT2D eigenvalue weighted by Gasteiger charge is -2.29. The molecule has 21 heavy (non-hydrogen) atoms. The van der Waals surface area contributed by atoms with Crippen molar-refractivity contribution in [3.05, 3.63) is 11.9 Å². The van der Waals surface area contributed by atoms with Gasteiger partial charge in [-0.3, -0.25) is 4.79 Å². The summed E-state index contributed by atoms with van der Waals surface area (Å²) in [6.45, 7) is 1.34. The van der Waals surface area contributed by atoms with Gasteiger partial charge in [0.25, 0.3) is 0 Å². The highest BCUT2D eigenvalue weighted by molar-refractivity contribution is 5.84. The van der Waals surface area contributed by atoms with Gasteiger partial charge in [-0.05, 0) is 25.3 Å². The predicted molar refractivity (Wildman–Crippen MR) is 74.5 cm³/mol. The van der Waals surface area contributed by atoms with E-state index in [1.807, 2.05) is 0 Å². The molecule has 1 aliphatic carbocycles. The van der Waals surface area contributed by atoms with Crippen molar-refractivity contribution in [3.63, 3.8) is 0 Å². The van der Waals surface area contributed by atoms with Crippen LogP contribution in [0.1, 0.15) is 36.2 Å². The zero-order chi connectivity index (χ0) is 15.2. The smallest absolute Gasteiger partial charge is 0.358 e. The van der Waals surface area contributed by atoms with E-state index in [0.717, 1.165) is 25.7 Å². The molecule has 1 saturated carbocycles. The molecule has 1 aromatic rings. The number of nitrogens with two attached hydrogens (primary N) is 1. The highest BCUT2D eigenvalue weighted by Crippen LogP contribution is 2.29. The monoisotopic (exact) mass is 295 g/mol. The minimum absolute atomic E-state index is 0.00548. The number of carbonyl (C=O) groups is 2. The van der Waals surface area contributed by atoms with E-state index in [-0.39, 0.29) is 23.4 Å². The molecule has 0 spiro atoms. The van der Waals surface area contributed by atoms with Gasteiger partial charge < -0.3 is 16.2 Å². The van der Waals surface area contributed by atoms with Crippen LogP contribution in [0.25, 0.3) is 0 Å². The van der Waals surface area contributed by atoms with Crippen molar-refractivity contribution in [2.75, 3.05) is 13.1 Å². The van der Waals surface area contributed by atoms with Crippen molar-refractivity contribution in [2.45, 2.75) is 32.2 Å². The maximum atomic E-state index is 12.2. The van der Waals surface area contributed by atoms with Crippen LogP contribution in [-0.4, -0.2) is 45.1 Å². The molecule has 2 unspecified atom stereocenters. The van der Waals surface area contributed by atoms with Crippen molar-refractivity contribution < 1.29 is 14.7 Å². The van der Waals surface area contributed by atoms with Crippen LogP contribution in [0.15, 0.2) is 6.20 Å². The summed E-state index contributed by atoms with van der Waals surface area (Å²) in [4.78, 5) is 22.8. The fourth-order valence-corrected chi connectivity index (χ4v) is 2.77. The average Bonchev–Trinajstić information content (AvgIpc) is 2.96. The summed E-state index contributed by atoms with van der Waals surface area (Å²) in [6, 6.07) is 0. The average molecular weight is 295 g/mol. The van der Waals surface area contributed by atoms with Crippen LogP contribution in [0.3, 0.4) is 0 Å². The minimum Gasteiger partial charge on any atom is -0.476 e. The Kier molecular flexibility index (Phi) is 5.26. The standard InChI is InChI=1S/C13H21N5O3/c14-7-9-3-1-2-4-10(9)12(19)15-5-6-18-8-11(13(20)21)16-17-18/h8-10H,1-7,14H2,(H,15,19)(H,20,21). The first-order valence-corrected chi connectivity index (χ1v) is 7.23. The van der Waals surface area contributed by atoms with Gasteiger partial charge in [-0.25, -0.2) is 9.48 Å². The highest BCUT2D eigenvalue weighted by Gasteiger charge is 2.29. The maximum Gasteiger partial charge on any atom is 0.358 e. The summed E-state index contributed by atoms with van der Waals surface area (Å²) in [7, 11) is 0. The number of carbonyl (C=O) groups excluding carboxylic acids is 1. The number of rotatable bonds is 6. The van der Waals surface area contributed by atoms with Gasteiger partial charge in [0.05, 0.1) is 12.7 Å². The third-order valence-electron chi connectivity index (χ3n) is 3.95. The second-order valence-corrected chi connectivity index (χ2v) is 5.35. The van der Waals surface area contributed by atoms with Gasteiger partial charge >= 0.3 is 5.97 Å². The number of aromatic carboxylic acids is 1. The van der Waals surface area contributed by atoms with Crippen LogP contribution in [0.4, 0.5) is 0 Å². The molecular weight excluding hydrogens is 274 g/mol. The van der Waals surface area contributed by atoms with Gasteiger partial charge in [-0.1, -0.05) is 18.1 Å². The lowest BCUT2D eigenvalue weighted by molar-refractivity contribution is -0.127. The molecule has 8 heteroatoms.